The first-order chi connectivity index (χ1) is 10.9. The van der Waals surface area contributed by atoms with Crippen molar-refractivity contribution in [3.8, 4) is 0 Å². The van der Waals surface area contributed by atoms with Crippen LogP contribution in [0.2, 0.25) is 0 Å². The Labute approximate surface area is 133 Å². The average molecular weight is 327 g/mol. The number of alkyl halides is 3. The van der Waals surface area contributed by atoms with Crippen molar-refractivity contribution in [3.63, 3.8) is 0 Å². The molecule has 0 aliphatic rings. The topological polar surface area (TPSA) is 42.2 Å². The van der Waals surface area contributed by atoms with Crippen LogP contribution in [0.1, 0.15) is 42.6 Å². The number of hydrogen-bond donors (Lipinski definition) is 0. The van der Waals surface area contributed by atoms with E-state index in [4.69, 9.17) is 4.52 Å². The summed E-state index contributed by atoms with van der Waals surface area (Å²) in [6.45, 7) is 2.54. The highest BCUT2D eigenvalue weighted by atomic mass is 19.4. The number of benzene rings is 1. The van der Waals surface area contributed by atoms with Gasteiger partial charge in [0.2, 0.25) is 5.89 Å². The summed E-state index contributed by atoms with van der Waals surface area (Å²) in [6, 6.07) is 5.58. The van der Waals surface area contributed by atoms with Gasteiger partial charge in [-0.3, -0.25) is 4.90 Å². The summed E-state index contributed by atoms with van der Waals surface area (Å²) in [5.41, 5.74) is -0.380. The predicted molar refractivity (Wildman–Crippen MR) is 79.5 cm³/mol. The highest BCUT2D eigenvalue weighted by Gasteiger charge is 2.33. The fourth-order valence-electron chi connectivity index (χ4n) is 2.30. The van der Waals surface area contributed by atoms with Gasteiger partial charge in [0.25, 0.3) is 0 Å². The van der Waals surface area contributed by atoms with E-state index in [1.807, 2.05) is 0 Å². The van der Waals surface area contributed by atoms with Gasteiger partial charge in [0.05, 0.1) is 12.1 Å². The summed E-state index contributed by atoms with van der Waals surface area (Å²) in [7, 11) is 1.73. The second kappa shape index (κ2) is 7.59. The van der Waals surface area contributed by atoms with Gasteiger partial charge in [0.1, 0.15) is 0 Å². The van der Waals surface area contributed by atoms with Gasteiger partial charge < -0.3 is 4.52 Å². The van der Waals surface area contributed by atoms with E-state index < -0.39 is 11.7 Å². The molecule has 1 heterocycles. The molecule has 126 valence electrons. The molecule has 0 radical (unpaired) electrons. The monoisotopic (exact) mass is 327 g/mol. The first-order valence-electron chi connectivity index (χ1n) is 7.55. The molecule has 2 rings (SSSR count). The summed E-state index contributed by atoms with van der Waals surface area (Å²) in [6.07, 6.45) is -1.58. The van der Waals surface area contributed by atoms with Crippen LogP contribution in [0.25, 0.3) is 0 Å². The van der Waals surface area contributed by atoms with E-state index in [-0.39, 0.29) is 12.1 Å². The Hall–Kier alpha value is -1.89. The second-order valence-electron chi connectivity index (χ2n) is 5.54. The van der Waals surface area contributed by atoms with Gasteiger partial charge in [-0.1, -0.05) is 36.7 Å². The molecule has 1 aromatic heterocycles. The van der Waals surface area contributed by atoms with E-state index in [0.29, 0.717) is 18.3 Å². The number of aromatic nitrogens is 2. The van der Waals surface area contributed by atoms with Crippen molar-refractivity contribution in [2.75, 3.05) is 7.05 Å². The van der Waals surface area contributed by atoms with Crippen LogP contribution in [0, 0.1) is 0 Å². The summed E-state index contributed by atoms with van der Waals surface area (Å²) < 4.78 is 44.1. The zero-order valence-electron chi connectivity index (χ0n) is 13.2. The van der Waals surface area contributed by atoms with Gasteiger partial charge in [-0.25, -0.2) is 0 Å². The standard InChI is InChI=1S/C16H20F3N3O/c1-3-4-9-14-20-15(23-21-14)11-22(2)10-12-7-5-6-8-13(12)16(17,18)19/h5-8H,3-4,9-11H2,1-2H3. The lowest BCUT2D eigenvalue weighted by atomic mass is 10.1. The molecule has 7 heteroatoms. The van der Waals surface area contributed by atoms with Crippen LogP contribution in [0.15, 0.2) is 28.8 Å². The average Bonchev–Trinajstić information content (AvgIpc) is 2.91. The minimum absolute atomic E-state index is 0.155. The van der Waals surface area contributed by atoms with E-state index >= 15 is 0 Å². The molecule has 0 atom stereocenters. The molecule has 23 heavy (non-hydrogen) atoms. The van der Waals surface area contributed by atoms with E-state index in [1.54, 1.807) is 18.0 Å². The Morgan fingerprint density at radius 1 is 1.17 bits per heavy atom. The Bertz CT molecular complexity index is 625. The minimum Gasteiger partial charge on any atom is -0.338 e. The van der Waals surface area contributed by atoms with E-state index in [0.717, 1.165) is 25.3 Å². The van der Waals surface area contributed by atoms with Crippen molar-refractivity contribution in [1.82, 2.24) is 15.0 Å². The fourth-order valence-corrected chi connectivity index (χ4v) is 2.30. The molecule has 1 aromatic carbocycles. The van der Waals surface area contributed by atoms with Crippen molar-refractivity contribution < 1.29 is 17.7 Å². The normalized spacial score (nSPS) is 12.1. The van der Waals surface area contributed by atoms with Gasteiger partial charge in [0, 0.05) is 13.0 Å². The summed E-state index contributed by atoms with van der Waals surface area (Å²) in [5.74, 6) is 1.06. The lowest BCUT2D eigenvalue weighted by molar-refractivity contribution is -0.138. The smallest absolute Gasteiger partial charge is 0.338 e. The number of aryl methyl sites for hydroxylation is 1. The highest BCUT2D eigenvalue weighted by molar-refractivity contribution is 5.29. The summed E-state index contributed by atoms with van der Waals surface area (Å²) in [5, 5.41) is 3.88. The third kappa shape index (κ3) is 5.06. The van der Waals surface area contributed by atoms with E-state index in [9.17, 15) is 13.2 Å². The van der Waals surface area contributed by atoms with Crippen molar-refractivity contribution in [1.29, 1.82) is 0 Å². The molecular weight excluding hydrogens is 307 g/mol. The quantitative estimate of drug-likeness (QED) is 0.769. The lowest BCUT2D eigenvalue weighted by Gasteiger charge is -2.18. The number of unbranched alkanes of at least 4 members (excludes halogenated alkanes) is 1. The second-order valence-corrected chi connectivity index (χ2v) is 5.54. The van der Waals surface area contributed by atoms with Crippen LogP contribution < -0.4 is 0 Å². The van der Waals surface area contributed by atoms with Crippen molar-refractivity contribution in [2.24, 2.45) is 0 Å². The first-order valence-corrected chi connectivity index (χ1v) is 7.55. The SMILES string of the molecule is CCCCc1noc(CN(C)Cc2ccccc2C(F)(F)F)n1. The largest absolute Gasteiger partial charge is 0.416 e. The van der Waals surface area contributed by atoms with Crippen LogP contribution in [-0.2, 0) is 25.7 Å². The molecule has 0 aliphatic heterocycles. The summed E-state index contributed by atoms with van der Waals surface area (Å²) >= 11 is 0. The molecule has 0 unspecified atom stereocenters. The Morgan fingerprint density at radius 2 is 1.91 bits per heavy atom. The maximum absolute atomic E-state index is 13.0. The van der Waals surface area contributed by atoms with Gasteiger partial charge >= 0.3 is 6.18 Å². The zero-order valence-corrected chi connectivity index (χ0v) is 13.2. The van der Waals surface area contributed by atoms with Gasteiger partial charge in [-0.2, -0.15) is 18.2 Å². The highest BCUT2D eigenvalue weighted by Crippen LogP contribution is 2.32. The van der Waals surface area contributed by atoms with Crippen molar-refractivity contribution in [2.45, 2.75) is 45.5 Å². The van der Waals surface area contributed by atoms with Crippen LogP contribution in [0.4, 0.5) is 13.2 Å². The third-order valence-corrected chi connectivity index (χ3v) is 3.43. The Kier molecular flexibility index (Phi) is 5.76. The molecule has 0 spiro atoms. The molecular formula is C16H20F3N3O. The molecule has 2 aromatic rings. The summed E-state index contributed by atoms with van der Waals surface area (Å²) in [4.78, 5) is 5.98. The lowest BCUT2D eigenvalue weighted by Crippen LogP contribution is -2.20. The first kappa shape index (κ1) is 17.5. The van der Waals surface area contributed by atoms with Crippen LogP contribution in [-0.4, -0.2) is 22.1 Å². The predicted octanol–water partition coefficient (Wildman–Crippen LogP) is 4.06. The van der Waals surface area contributed by atoms with Gasteiger partial charge in [0.15, 0.2) is 5.82 Å². The molecule has 0 bridgehead atoms. The molecule has 0 amide bonds. The number of rotatable bonds is 7. The molecule has 4 nitrogen and oxygen atoms in total. The maximum Gasteiger partial charge on any atom is 0.416 e. The van der Waals surface area contributed by atoms with Crippen LogP contribution in [0.3, 0.4) is 0 Å². The molecule has 0 saturated heterocycles. The third-order valence-electron chi connectivity index (χ3n) is 3.43. The Balaban J connectivity index is 2.00. The van der Waals surface area contributed by atoms with Crippen molar-refractivity contribution >= 4 is 0 Å². The zero-order chi connectivity index (χ0) is 16.9. The number of halogens is 3. The fraction of sp³-hybridized carbons (Fsp3) is 0.500. The molecule has 0 aliphatic carbocycles. The molecule has 0 fully saturated rings. The van der Waals surface area contributed by atoms with Gasteiger partial charge in [-0.05, 0) is 25.1 Å². The van der Waals surface area contributed by atoms with Crippen LogP contribution in [0.5, 0.6) is 0 Å². The van der Waals surface area contributed by atoms with Crippen molar-refractivity contribution in [3.05, 3.63) is 47.1 Å². The van der Waals surface area contributed by atoms with Crippen LogP contribution >= 0.6 is 0 Å². The Morgan fingerprint density at radius 3 is 2.61 bits per heavy atom. The number of nitrogens with zero attached hydrogens (tertiary/aromatic N) is 3. The molecule has 0 N–H and O–H groups in total. The minimum atomic E-state index is -4.35. The van der Waals surface area contributed by atoms with E-state index in [1.165, 1.54) is 12.1 Å². The van der Waals surface area contributed by atoms with E-state index in [2.05, 4.69) is 17.1 Å². The van der Waals surface area contributed by atoms with Gasteiger partial charge in [-0.15, -0.1) is 0 Å². The number of hydrogen-bond acceptors (Lipinski definition) is 4. The maximum atomic E-state index is 13.0. The molecule has 0 saturated carbocycles.